The van der Waals surface area contributed by atoms with E-state index in [-0.39, 0.29) is 0 Å². The lowest BCUT2D eigenvalue weighted by Crippen LogP contribution is -2.24. The van der Waals surface area contributed by atoms with Gasteiger partial charge in [-0.3, -0.25) is 0 Å². The second-order valence-electron chi connectivity index (χ2n) is 5.24. The number of thiocarbonyl (C=S) groups is 1. The Hall–Kier alpha value is -3.18. The Balaban J connectivity index is 1.78. The summed E-state index contributed by atoms with van der Waals surface area (Å²) in [6.45, 7) is 0. The van der Waals surface area contributed by atoms with Gasteiger partial charge in [-0.2, -0.15) is 4.99 Å². The predicted molar refractivity (Wildman–Crippen MR) is 110 cm³/mol. The Labute approximate surface area is 152 Å². The molecule has 0 spiro atoms. The minimum absolute atomic E-state index is 0.369. The quantitative estimate of drug-likeness (QED) is 0.356. The molecule has 0 unspecified atom stereocenters. The third-order valence-corrected chi connectivity index (χ3v) is 3.50. The third-order valence-electron chi connectivity index (χ3n) is 3.31. The minimum atomic E-state index is 0.369. The van der Waals surface area contributed by atoms with E-state index < -0.39 is 0 Å². The number of nitrogens with zero attached hydrogens (tertiary/aromatic N) is 1. The summed E-state index contributed by atoms with van der Waals surface area (Å²) in [5, 5.41) is 9.99. The first-order valence-corrected chi connectivity index (χ1v) is 8.29. The summed E-state index contributed by atoms with van der Waals surface area (Å²) >= 11 is 5.37. The van der Waals surface area contributed by atoms with E-state index in [1.807, 2.05) is 91.0 Å². The molecule has 25 heavy (non-hydrogen) atoms. The highest BCUT2D eigenvalue weighted by atomic mass is 32.1. The van der Waals surface area contributed by atoms with Gasteiger partial charge in [0.25, 0.3) is 0 Å². The maximum absolute atomic E-state index is 5.37. The molecular formula is C20H18N4S. The van der Waals surface area contributed by atoms with Crippen molar-refractivity contribution in [2.24, 2.45) is 4.99 Å². The van der Waals surface area contributed by atoms with Crippen molar-refractivity contribution in [3.05, 3.63) is 91.0 Å². The molecule has 0 aliphatic heterocycles. The van der Waals surface area contributed by atoms with Gasteiger partial charge in [0, 0.05) is 17.1 Å². The molecule has 0 aliphatic rings. The van der Waals surface area contributed by atoms with Crippen LogP contribution in [0.15, 0.2) is 96.0 Å². The van der Waals surface area contributed by atoms with Crippen LogP contribution in [0, 0.1) is 0 Å². The molecule has 0 bridgehead atoms. The summed E-state index contributed by atoms with van der Waals surface area (Å²) in [5.74, 6) is 0.547. The zero-order valence-corrected chi connectivity index (χ0v) is 14.3. The van der Waals surface area contributed by atoms with Crippen molar-refractivity contribution in [2.75, 3.05) is 16.0 Å². The lowest BCUT2D eigenvalue weighted by atomic mass is 10.3. The molecule has 0 aliphatic carbocycles. The van der Waals surface area contributed by atoms with Gasteiger partial charge >= 0.3 is 0 Å². The highest BCUT2D eigenvalue weighted by Gasteiger charge is 2.04. The van der Waals surface area contributed by atoms with Gasteiger partial charge in [0.1, 0.15) is 0 Å². The number of rotatable bonds is 3. The van der Waals surface area contributed by atoms with Crippen LogP contribution in [0.4, 0.5) is 17.1 Å². The van der Waals surface area contributed by atoms with E-state index in [1.165, 1.54) is 0 Å². The van der Waals surface area contributed by atoms with Crippen LogP contribution in [0.2, 0.25) is 0 Å². The first kappa shape index (κ1) is 16.7. The van der Waals surface area contributed by atoms with Crippen LogP contribution in [0.3, 0.4) is 0 Å². The zero-order valence-electron chi connectivity index (χ0n) is 13.5. The van der Waals surface area contributed by atoms with Gasteiger partial charge in [-0.05, 0) is 48.6 Å². The Bertz CT molecular complexity index is 790. The molecule has 0 heterocycles. The molecule has 5 heteroatoms. The molecule has 0 saturated carbocycles. The molecule has 3 aromatic rings. The summed E-state index contributed by atoms with van der Waals surface area (Å²) in [6, 6.07) is 29.4. The number of guanidine groups is 1. The van der Waals surface area contributed by atoms with Crippen LogP contribution in [0.1, 0.15) is 0 Å². The highest BCUT2D eigenvalue weighted by Crippen LogP contribution is 2.10. The van der Waals surface area contributed by atoms with Crippen LogP contribution in [-0.4, -0.2) is 11.1 Å². The summed E-state index contributed by atoms with van der Waals surface area (Å²) in [5.41, 5.74) is 2.74. The summed E-state index contributed by atoms with van der Waals surface area (Å²) in [6.07, 6.45) is 0. The molecular weight excluding hydrogens is 328 g/mol. The van der Waals surface area contributed by atoms with Gasteiger partial charge in [-0.1, -0.05) is 54.6 Å². The van der Waals surface area contributed by atoms with Crippen molar-refractivity contribution in [3.63, 3.8) is 0 Å². The van der Waals surface area contributed by atoms with Gasteiger partial charge in [0.2, 0.25) is 11.1 Å². The minimum Gasteiger partial charge on any atom is -0.331 e. The number of nitrogens with one attached hydrogen (secondary N) is 3. The molecule has 0 radical (unpaired) electrons. The van der Waals surface area contributed by atoms with E-state index in [4.69, 9.17) is 12.2 Å². The van der Waals surface area contributed by atoms with E-state index in [1.54, 1.807) is 0 Å². The highest BCUT2D eigenvalue weighted by molar-refractivity contribution is 7.80. The molecule has 0 saturated heterocycles. The van der Waals surface area contributed by atoms with Crippen LogP contribution >= 0.6 is 12.2 Å². The van der Waals surface area contributed by atoms with Gasteiger partial charge in [-0.25, -0.2) is 0 Å². The van der Waals surface area contributed by atoms with Crippen molar-refractivity contribution >= 4 is 40.4 Å². The van der Waals surface area contributed by atoms with Crippen molar-refractivity contribution in [1.82, 2.24) is 0 Å². The lowest BCUT2D eigenvalue weighted by molar-refractivity contribution is 1.51. The van der Waals surface area contributed by atoms with E-state index in [9.17, 15) is 0 Å². The fourth-order valence-corrected chi connectivity index (χ4v) is 2.39. The monoisotopic (exact) mass is 346 g/mol. The van der Waals surface area contributed by atoms with Crippen LogP contribution in [-0.2, 0) is 0 Å². The number of aliphatic imine (C=N–C) groups is 1. The molecule has 3 aromatic carbocycles. The molecule has 0 amide bonds. The van der Waals surface area contributed by atoms with E-state index in [0.29, 0.717) is 11.1 Å². The fraction of sp³-hybridized carbons (Fsp3) is 0. The fourth-order valence-electron chi connectivity index (χ4n) is 2.18. The van der Waals surface area contributed by atoms with Crippen molar-refractivity contribution in [1.29, 1.82) is 0 Å². The number of benzene rings is 3. The summed E-state index contributed by atoms with van der Waals surface area (Å²) in [4.78, 5) is 4.48. The average Bonchev–Trinajstić information content (AvgIpc) is 2.64. The standard InChI is InChI=1S/C20H18N4S/c25-20(23-18-14-8-3-9-15-18)24-19(21-16-10-4-1-5-11-16)22-17-12-6-2-7-13-17/h1-15H,(H3,21,22,23,24,25). The van der Waals surface area contributed by atoms with Crippen LogP contribution in [0.5, 0.6) is 0 Å². The Morgan fingerprint density at radius 1 is 0.560 bits per heavy atom. The number of hydrogen-bond donors (Lipinski definition) is 3. The zero-order chi connectivity index (χ0) is 17.3. The molecule has 0 fully saturated rings. The molecule has 124 valence electrons. The Morgan fingerprint density at radius 2 is 0.920 bits per heavy atom. The smallest absolute Gasteiger partial charge is 0.207 e. The Morgan fingerprint density at radius 3 is 1.32 bits per heavy atom. The lowest BCUT2D eigenvalue weighted by Gasteiger charge is -2.13. The second kappa shape index (κ2) is 8.61. The molecule has 3 N–H and O–H groups in total. The first-order chi connectivity index (χ1) is 12.3. The molecule has 0 aromatic heterocycles. The van der Waals surface area contributed by atoms with Crippen molar-refractivity contribution < 1.29 is 0 Å². The van der Waals surface area contributed by atoms with E-state index in [2.05, 4.69) is 20.9 Å². The van der Waals surface area contributed by atoms with Gasteiger partial charge in [0.15, 0.2) is 0 Å². The molecule has 0 atom stereocenters. The van der Waals surface area contributed by atoms with Gasteiger partial charge < -0.3 is 16.0 Å². The van der Waals surface area contributed by atoms with E-state index in [0.717, 1.165) is 17.1 Å². The third kappa shape index (κ3) is 5.44. The summed E-state index contributed by atoms with van der Waals surface area (Å²) in [7, 11) is 0. The largest absolute Gasteiger partial charge is 0.331 e. The normalized spacial score (nSPS) is 9.76. The van der Waals surface area contributed by atoms with Crippen molar-refractivity contribution in [3.8, 4) is 0 Å². The maximum Gasteiger partial charge on any atom is 0.207 e. The van der Waals surface area contributed by atoms with Crippen LogP contribution < -0.4 is 16.0 Å². The molecule has 3 rings (SSSR count). The number of anilines is 3. The number of hydrogen-bond acceptors (Lipinski definition) is 1. The summed E-state index contributed by atoms with van der Waals surface area (Å²) < 4.78 is 0. The molecule has 4 nitrogen and oxygen atoms in total. The topological polar surface area (TPSA) is 48.5 Å². The first-order valence-electron chi connectivity index (χ1n) is 7.88. The average molecular weight is 346 g/mol. The van der Waals surface area contributed by atoms with E-state index >= 15 is 0 Å². The maximum atomic E-state index is 5.37. The van der Waals surface area contributed by atoms with Crippen molar-refractivity contribution in [2.45, 2.75) is 0 Å². The number of para-hydroxylation sites is 3. The predicted octanol–water partition coefficient (Wildman–Crippen LogP) is 4.96. The Kier molecular flexibility index (Phi) is 5.74. The van der Waals surface area contributed by atoms with Gasteiger partial charge in [0.05, 0.1) is 0 Å². The van der Waals surface area contributed by atoms with Gasteiger partial charge in [-0.15, -0.1) is 0 Å². The van der Waals surface area contributed by atoms with Crippen LogP contribution in [0.25, 0.3) is 0 Å². The SMILES string of the molecule is S=C(N=C(Nc1ccccc1)Nc1ccccc1)Nc1ccccc1. The second-order valence-corrected chi connectivity index (χ2v) is 5.63.